The zero-order chi connectivity index (χ0) is 24.1. The Kier molecular flexibility index (Phi) is 6.81. The van der Waals surface area contributed by atoms with Crippen molar-refractivity contribution in [2.75, 3.05) is 0 Å². The van der Waals surface area contributed by atoms with Crippen molar-refractivity contribution in [2.24, 2.45) is 35.0 Å². The van der Waals surface area contributed by atoms with Crippen LogP contribution in [0.4, 0.5) is 0 Å². The summed E-state index contributed by atoms with van der Waals surface area (Å²) in [6, 6.07) is 0. The van der Waals surface area contributed by atoms with Gasteiger partial charge in [-0.15, -0.1) is 0 Å². The zero-order valence-corrected chi connectivity index (χ0v) is 20.8. The van der Waals surface area contributed by atoms with Crippen molar-refractivity contribution in [3.8, 4) is 0 Å². The van der Waals surface area contributed by atoms with E-state index in [-0.39, 0.29) is 29.3 Å². The van der Waals surface area contributed by atoms with Crippen molar-refractivity contribution in [3.63, 3.8) is 0 Å². The van der Waals surface area contributed by atoms with Gasteiger partial charge in [-0.25, -0.2) is 4.79 Å². The van der Waals surface area contributed by atoms with Gasteiger partial charge < -0.3 is 14.9 Å². The monoisotopic (exact) mass is 454 g/mol. The summed E-state index contributed by atoms with van der Waals surface area (Å²) in [5.74, 6) is 1.40. The molecule has 0 radical (unpaired) electrons. The first-order chi connectivity index (χ1) is 15.5. The number of aliphatic hydroxyl groups excluding tert-OH is 2. The van der Waals surface area contributed by atoms with Crippen LogP contribution in [0, 0.1) is 35.0 Å². The molecule has 4 heteroatoms. The molecule has 1 saturated heterocycles. The number of cyclic esters (lactones) is 1. The van der Waals surface area contributed by atoms with E-state index in [1.54, 1.807) is 0 Å². The summed E-state index contributed by atoms with van der Waals surface area (Å²) < 4.78 is 5.64. The van der Waals surface area contributed by atoms with Gasteiger partial charge in [-0.3, -0.25) is 0 Å². The number of carbonyl (C=O) groups excluding carboxylic acids is 1. The standard InChI is InChI=1S/C29H42O4/c1-16(14-26-17(2)18(3)28(32)33-26)23-11-12-24-21(8-7-13-29(23,24)6)9-10-22-15-25(30)20(5)27(31)19(22)4/h9-10,16-17,20,23-27,30-31H,3-4,7-8,11-15H2,1-2,5-6H3/t16-,17-,20+,23-,24+,25-,26+,27-,29-/m1/s1. The van der Waals surface area contributed by atoms with Crippen LogP contribution < -0.4 is 0 Å². The minimum Gasteiger partial charge on any atom is -0.458 e. The summed E-state index contributed by atoms with van der Waals surface area (Å²) >= 11 is 0. The summed E-state index contributed by atoms with van der Waals surface area (Å²) in [5, 5.41) is 20.8. The molecule has 0 spiro atoms. The molecule has 1 heterocycles. The first-order valence-corrected chi connectivity index (χ1v) is 12.9. The average Bonchev–Trinajstić information content (AvgIpc) is 3.25. The highest BCUT2D eigenvalue weighted by Gasteiger charge is 2.51. The third kappa shape index (κ3) is 4.30. The molecular formula is C29H42O4. The maximum atomic E-state index is 11.9. The van der Waals surface area contributed by atoms with Crippen LogP contribution in [-0.2, 0) is 9.53 Å². The van der Waals surface area contributed by atoms with Crippen molar-refractivity contribution >= 4 is 5.97 Å². The number of rotatable bonds is 4. The summed E-state index contributed by atoms with van der Waals surface area (Å²) in [6.07, 6.45) is 10.6. The minimum atomic E-state index is -0.671. The van der Waals surface area contributed by atoms with E-state index in [1.807, 2.05) is 6.92 Å². The molecule has 9 atom stereocenters. The third-order valence-electron chi connectivity index (χ3n) is 9.76. The second kappa shape index (κ2) is 9.19. The second-order valence-corrected chi connectivity index (χ2v) is 11.6. The highest BCUT2D eigenvalue weighted by Crippen LogP contribution is 2.60. The largest absolute Gasteiger partial charge is 0.458 e. The van der Waals surface area contributed by atoms with Gasteiger partial charge in [0.05, 0.1) is 12.2 Å². The van der Waals surface area contributed by atoms with Crippen molar-refractivity contribution < 1.29 is 19.7 Å². The van der Waals surface area contributed by atoms with Gasteiger partial charge >= 0.3 is 5.97 Å². The Morgan fingerprint density at radius 2 is 1.91 bits per heavy atom. The fraction of sp³-hybridized carbons (Fsp3) is 0.690. The van der Waals surface area contributed by atoms with Crippen molar-refractivity contribution in [1.29, 1.82) is 0 Å². The van der Waals surface area contributed by atoms with E-state index in [9.17, 15) is 15.0 Å². The Morgan fingerprint density at radius 1 is 1.18 bits per heavy atom. The lowest BCUT2D eigenvalue weighted by Gasteiger charge is -2.44. The number of hydrogen-bond acceptors (Lipinski definition) is 4. The lowest BCUT2D eigenvalue weighted by Crippen LogP contribution is -2.37. The van der Waals surface area contributed by atoms with E-state index in [1.165, 1.54) is 31.3 Å². The molecule has 0 aromatic rings. The number of esters is 1. The van der Waals surface area contributed by atoms with Crippen molar-refractivity contribution in [3.05, 3.63) is 47.6 Å². The average molecular weight is 455 g/mol. The summed E-state index contributed by atoms with van der Waals surface area (Å²) in [4.78, 5) is 11.9. The van der Waals surface area contributed by atoms with Crippen LogP contribution in [0.25, 0.3) is 0 Å². The van der Waals surface area contributed by atoms with E-state index in [2.05, 4.69) is 46.1 Å². The molecular weight excluding hydrogens is 412 g/mol. The van der Waals surface area contributed by atoms with Gasteiger partial charge in [0.2, 0.25) is 0 Å². The second-order valence-electron chi connectivity index (χ2n) is 11.6. The number of aliphatic hydroxyl groups is 2. The third-order valence-corrected chi connectivity index (χ3v) is 9.76. The normalized spacial score (nSPS) is 44.9. The van der Waals surface area contributed by atoms with Crippen LogP contribution in [0.5, 0.6) is 0 Å². The Labute approximate surface area is 199 Å². The molecule has 3 saturated carbocycles. The van der Waals surface area contributed by atoms with Crippen LogP contribution in [0.2, 0.25) is 0 Å². The number of ether oxygens (including phenoxy) is 1. The molecule has 182 valence electrons. The smallest absolute Gasteiger partial charge is 0.334 e. The Bertz CT molecular complexity index is 882. The Hall–Kier alpha value is -1.65. The number of carbonyl (C=O) groups is 1. The minimum absolute atomic E-state index is 0.0384. The predicted molar refractivity (Wildman–Crippen MR) is 131 cm³/mol. The highest BCUT2D eigenvalue weighted by molar-refractivity contribution is 5.90. The van der Waals surface area contributed by atoms with Gasteiger partial charge in [0.25, 0.3) is 0 Å². The molecule has 0 aromatic carbocycles. The Morgan fingerprint density at radius 3 is 2.58 bits per heavy atom. The van der Waals surface area contributed by atoms with Crippen molar-refractivity contribution in [2.45, 2.75) is 91.0 Å². The molecule has 4 aliphatic rings. The van der Waals surface area contributed by atoms with Gasteiger partial charge in [-0.2, -0.15) is 0 Å². The van der Waals surface area contributed by atoms with E-state index in [0.717, 1.165) is 24.0 Å². The first-order valence-electron chi connectivity index (χ1n) is 12.9. The van der Waals surface area contributed by atoms with E-state index < -0.39 is 12.2 Å². The van der Waals surface area contributed by atoms with Crippen LogP contribution in [0.15, 0.2) is 47.6 Å². The summed E-state index contributed by atoms with van der Waals surface area (Å²) in [6.45, 7) is 16.8. The van der Waals surface area contributed by atoms with Gasteiger partial charge in [0, 0.05) is 17.4 Å². The Balaban J connectivity index is 1.49. The van der Waals surface area contributed by atoms with Gasteiger partial charge in [-0.1, -0.05) is 58.6 Å². The fourth-order valence-corrected chi connectivity index (χ4v) is 7.37. The van der Waals surface area contributed by atoms with E-state index in [4.69, 9.17) is 4.74 Å². The fourth-order valence-electron chi connectivity index (χ4n) is 7.37. The molecule has 4 fully saturated rings. The molecule has 1 aliphatic heterocycles. The van der Waals surface area contributed by atoms with Gasteiger partial charge in [-0.05, 0) is 79.3 Å². The van der Waals surface area contributed by atoms with E-state index >= 15 is 0 Å². The van der Waals surface area contributed by atoms with Crippen LogP contribution in [-0.4, -0.2) is 34.5 Å². The number of hydrogen-bond donors (Lipinski definition) is 2. The molecule has 2 N–H and O–H groups in total. The maximum absolute atomic E-state index is 11.9. The lowest BCUT2D eigenvalue weighted by atomic mass is 9.60. The molecule has 0 amide bonds. The quantitative estimate of drug-likeness (QED) is 0.434. The molecule has 0 unspecified atom stereocenters. The summed E-state index contributed by atoms with van der Waals surface area (Å²) in [7, 11) is 0. The maximum Gasteiger partial charge on any atom is 0.334 e. The first kappa shape index (κ1) is 24.5. The summed E-state index contributed by atoms with van der Waals surface area (Å²) in [5.41, 5.74) is 4.13. The molecule has 0 bridgehead atoms. The van der Waals surface area contributed by atoms with Crippen LogP contribution in [0.3, 0.4) is 0 Å². The zero-order valence-electron chi connectivity index (χ0n) is 20.8. The van der Waals surface area contributed by atoms with Gasteiger partial charge in [0.1, 0.15) is 6.10 Å². The van der Waals surface area contributed by atoms with Gasteiger partial charge in [0.15, 0.2) is 0 Å². The number of fused-ring (bicyclic) bond motifs is 1. The number of allylic oxidation sites excluding steroid dienone is 3. The topological polar surface area (TPSA) is 66.8 Å². The molecule has 4 rings (SSSR count). The van der Waals surface area contributed by atoms with Crippen LogP contribution in [0.1, 0.15) is 72.6 Å². The van der Waals surface area contributed by atoms with E-state index in [0.29, 0.717) is 29.7 Å². The van der Waals surface area contributed by atoms with Crippen molar-refractivity contribution in [1.82, 2.24) is 0 Å². The molecule has 4 nitrogen and oxygen atoms in total. The SMILES string of the molecule is C=C1C(=O)O[C@@H](C[C@@H](C)[C@H]2CC[C@H]3C(=CC=C4C[C@@H](O)[C@H](C)[C@H](O)C4=C)CCC[C@]23C)[C@@H]1C. The molecule has 0 aromatic heterocycles. The lowest BCUT2D eigenvalue weighted by molar-refractivity contribution is -0.140. The molecule has 33 heavy (non-hydrogen) atoms. The molecule has 3 aliphatic carbocycles. The van der Waals surface area contributed by atoms with Crippen LogP contribution >= 0.6 is 0 Å². The highest BCUT2D eigenvalue weighted by atomic mass is 16.6. The predicted octanol–water partition coefficient (Wildman–Crippen LogP) is 5.52.